The van der Waals surface area contributed by atoms with Crippen molar-refractivity contribution in [2.75, 3.05) is 48.4 Å². The molecule has 5 aromatic rings. The van der Waals surface area contributed by atoms with Crippen LogP contribution in [0.25, 0.3) is 27.6 Å². The van der Waals surface area contributed by atoms with Gasteiger partial charge in [-0.2, -0.15) is 0 Å². The molecule has 5 rings (SSSR count). The Labute approximate surface area is 265 Å². The third-order valence-corrected chi connectivity index (χ3v) is 7.50. The number of hydrogen-bond donors (Lipinski definition) is 1. The minimum absolute atomic E-state index is 0.0343. The van der Waals surface area contributed by atoms with E-state index < -0.39 is 11.5 Å². The number of nitrogens with zero attached hydrogens (tertiary/aromatic N) is 1. The minimum Gasteiger partial charge on any atom is -0.497 e. The normalized spacial score (nSPS) is 10.7. The van der Waals surface area contributed by atoms with Crippen LogP contribution < -0.4 is 39.7 Å². The first kappa shape index (κ1) is 31.6. The van der Waals surface area contributed by atoms with Crippen molar-refractivity contribution in [2.24, 2.45) is 0 Å². The molecule has 238 valence electrons. The number of rotatable bonds is 11. The van der Waals surface area contributed by atoms with Gasteiger partial charge < -0.3 is 38.9 Å². The van der Waals surface area contributed by atoms with E-state index in [4.69, 9.17) is 38.9 Å². The van der Waals surface area contributed by atoms with Crippen molar-refractivity contribution >= 4 is 22.4 Å². The molecule has 0 amide bonds. The number of hydrogen-bond acceptors (Lipinski definition) is 10. The summed E-state index contributed by atoms with van der Waals surface area (Å²) in [5.41, 5.74) is 8.04. The quantitative estimate of drug-likeness (QED) is 0.145. The van der Waals surface area contributed by atoms with Gasteiger partial charge in [-0.25, -0.2) is 4.79 Å². The number of aromatic nitrogens is 1. The highest BCUT2D eigenvalue weighted by Crippen LogP contribution is 2.45. The largest absolute Gasteiger partial charge is 0.497 e. The summed E-state index contributed by atoms with van der Waals surface area (Å²) in [5, 5.41) is 0.652. The summed E-state index contributed by atoms with van der Waals surface area (Å²) >= 11 is 0. The van der Waals surface area contributed by atoms with Crippen molar-refractivity contribution in [3.63, 3.8) is 0 Å². The highest BCUT2D eigenvalue weighted by atomic mass is 16.5. The van der Waals surface area contributed by atoms with Crippen molar-refractivity contribution in [3.05, 3.63) is 94.4 Å². The molecule has 0 aliphatic rings. The van der Waals surface area contributed by atoms with E-state index in [1.807, 2.05) is 24.3 Å². The monoisotopic (exact) mass is 626 g/mol. The summed E-state index contributed by atoms with van der Waals surface area (Å²) in [6.45, 7) is 0.192. The lowest BCUT2D eigenvalue weighted by molar-refractivity contribution is 0.0591. The molecule has 0 saturated heterocycles. The van der Waals surface area contributed by atoms with Gasteiger partial charge in [-0.1, -0.05) is 12.1 Å². The Hall–Kier alpha value is -5.84. The molecule has 2 N–H and O–H groups in total. The zero-order valence-electron chi connectivity index (χ0n) is 26.3. The lowest BCUT2D eigenvalue weighted by atomic mass is 9.95. The fourth-order valence-electron chi connectivity index (χ4n) is 5.24. The number of esters is 1. The molecule has 0 bridgehead atoms. The molecule has 0 fully saturated rings. The van der Waals surface area contributed by atoms with Gasteiger partial charge in [0, 0.05) is 22.3 Å². The zero-order valence-corrected chi connectivity index (χ0v) is 26.3. The third-order valence-electron chi connectivity index (χ3n) is 7.50. The molecule has 0 saturated carbocycles. The van der Waals surface area contributed by atoms with Gasteiger partial charge in [0.15, 0.2) is 23.0 Å². The van der Waals surface area contributed by atoms with Crippen molar-refractivity contribution < 1.29 is 38.0 Å². The van der Waals surface area contributed by atoms with E-state index in [0.29, 0.717) is 56.6 Å². The van der Waals surface area contributed by atoms with Gasteiger partial charge in [0.25, 0.3) is 5.56 Å². The number of nitrogen functional groups attached to an aromatic ring is 1. The first-order valence-corrected chi connectivity index (χ1v) is 14.1. The number of ether oxygens (including phenoxy) is 7. The van der Waals surface area contributed by atoms with Gasteiger partial charge in [0.05, 0.1) is 48.0 Å². The smallest absolute Gasteiger partial charge is 0.355 e. The highest BCUT2D eigenvalue weighted by molar-refractivity contribution is 6.08. The number of carbonyl (C=O) groups excluding carboxylic acids is 1. The lowest BCUT2D eigenvalue weighted by Gasteiger charge is -2.21. The van der Waals surface area contributed by atoms with Crippen LogP contribution in [0.5, 0.6) is 34.5 Å². The Kier molecular flexibility index (Phi) is 9.22. The maximum absolute atomic E-state index is 14.4. The molecule has 46 heavy (non-hydrogen) atoms. The second-order valence-corrected chi connectivity index (χ2v) is 10.0. The molecular weight excluding hydrogens is 592 g/mol. The summed E-state index contributed by atoms with van der Waals surface area (Å²) in [6.07, 6.45) is 0. The predicted molar refractivity (Wildman–Crippen MR) is 174 cm³/mol. The number of pyridine rings is 1. The van der Waals surface area contributed by atoms with Gasteiger partial charge >= 0.3 is 5.97 Å². The first-order chi connectivity index (χ1) is 22.3. The Morgan fingerprint density at radius 3 is 1.85 bits per heavy atom. The topological polar surface area (TPSA) is 130 Å². The van der Waals surface area contributed by atoms with E-state index in [1.54, 1.807) is 55.6 Å². The minimum atomic E-state index is -0.752. The Bertz CT molecular complexity index is 1920. The lowest BCUT2D eigenvalue weighted by Crippen LogP contribution is -2.27. The number of anilines is 1. The average molecular weight is 627 g/mol. The molecule has 11 heteroatoms. The summed E-state index contributed by atoms with van der Waals surface area (Å²) < 4.78 is 40.5. The van der Waals surface area contributed by atoms with Gasteiger partial charge in [0.2, 0.25) is 5.75 Å². The van der Waals surface area contributed by atoms with E-state index in [-0.39, 0.29) is 17.7 Å². The van der Waals surface area contributed by atoms with E-state index in [9.17, 15) is 9.59 Å². The van der Waals surface area contributed by atoms with Gasteiger partial charge in [-0.15, -0.1) is 0 Å². The molecule has 0 unspecified atom stereocenters. The third kappa shape index (κ3) is 5.82. The van der Waals surface area contributed by atoms with Crippen LogP contribution in [0.2, 0.25) is 0 Å². The molecule has 4 aromatic carbocycles. The predicted octanol–water partition coefficient (Wildman–Crippen LogP) is 5.65. The van der Waals surface area contributed by atoms with E-state index >= 15 is 0 Å². The van der Waals surface area contributed by atoms with Crippen LogP contribution in [-0.4, -0.2) is 53.2 Å². The summed E-state index contributed by atoms with van der Waals surface area (Å²) in [5.74, 6) is 1.68. The molecule has 11 nitrogen and oxygen atoms in total. The average Bonchev–Trinajstić information content (AvgIpc) is 3.09. The molecular formula is C35H34N2O9. The van der Waals surface area contributed by atoms with Crippen molar-refractivity contribution in [1.29, 1.82) is 0 Å². The summed E-state index contributed by atoms with van der Waals surface area (Å²) in [6, 6.07) is 20.7. The highest BCUT2D eigenvalue weighted by Gasteiger charge is 2.28. The van der Waals surface area contributed by atoms with Crippen LogP contribution in [-0.2, 0) is 11.3 Å². The Morgan fingerprint density at radius 1 is 0.696 bits per heavy atom. The van der Waals surface area contributed by atoms with Crippen LogP contribution in [0, 0.1) is 0 Å². The SMILES string of the molecule is COC(=O)c1c(-c2cc(OC)c(OC)c(OC)c2)c2cc(OC)c(OCc3ccc(OC)cc3)cc2c(=O)n1-c1ccc(N)cc1. The molecule has 0 atom stereocenters. The van der Waals surface area contributed by atoms with Crippen LogP contribution in [0.4, 0.5) is 5.69 Å². The van der Waals surface area contributed by atoms with Gasteiger partial charge in [-0.05, 0) is 71.8 Å². The number of fused-ring (bicyclic) bond motifs is 1. The van der Waals surface area contributed by atoms with Crippen molar-refractivity contribution in [1.82, 2.24) is 4.57 Å². The number of methoxy groups -OCH3 is 6. The fourth-order valence-corrected chi connectivity index (χ4v) is 5.24. The van der Waals surface area contributed by atoms with Gasteiger partial charge in [0.1, 0.15) is 18.1 Å². The summed E-state index contributed by atoms with van der Waals surface area (Å²) in [7, 11) is 8.82. The Balaban J connectivity index is 1.86. The fraction of sp³-hybridized carbons (Fsp3) is 0.200. The van der Waals surface area contributed by atoms with Crippen LogP contribution in [0.3, 0.4) is 0 Å². The van der Waals surface area contributed by atoms with Crippen molar-refractivity contribution in [2.45, 2.75) is 6.61 Å². The van der Waals surface area contributed by atoms with E-state index in [2.05, 4.69) is 0 Å². The first-order valence-electron chi connectivity index (χ1n) is 14.1. The standard InChI is InChI=1S/C35H34N2O9/c1-40-24-13-7-20(8-14-24)19-46-28-18-26-25(17-27(28)41-2)31(21-15-29(42-3)33(44-5)30(16-21)43-4)32(35(39)45-6)37(34(26)38)23-11-9-22(36)10-12-23/h7-18H,19,36H2,1-6H3. The second kappa shape index (κ2) is 13.4. The number of nitrogens with two attached hydrogens (primary N) is 1. The van der Waals surface area contributed by atoms with Crippen molar-refractivity contribution in [3.8, 4) is 51.3 Å². The molecule has 0 radical (unpaired) electrons. The molecule has 1 heterocycles. The molecule has 0 spiro atoms. The number of benzene rings is 4. The van der Waals surface area contributed by atoms with Crippen LogP contribution >= 0.6 is 0 Å². The molecule has 0 aliphatic heterocycles. The Morgan fingerprint density at radius 2 is 1.30 bits per heavy atom. The maximum atomic E-state index is 14.4. The molecule has 0 aliphatic carbocycles. The van der Waals surface area contributed by atoms with E-state index in [0.717, 1.165) is 11.3 Å². The van der Waals surface area contributed by atoms with Crippen LogP contribution in [0.15, 0.2) is 77.6 Å². The van der Waals surface area contributed by atoms with Crippen LogP contribution in [0.1, 0.15) is 16.1 Å². The maximum Gasteiger partial charge on any atom is 0.355 e. The number of carbonyl (C=O) groups is 1. The van der Waals surface area contributed by atoms with E-state index in [1.165, 1.54) is 40.1 Å². The van der Waals surface area contributed by atoms with Gasteiger partial charge in [-0.3, -0.25) is 9.36 Å². The second-order valence-electron chi connectivity index (χ2n) is 10.0. The summed E-state index contributed by atoms with van der Waals surface area (Å²) in [4.78, 5) is 28.1. The molecule has 1 aromatic heterocycles. The zero-order chi connectivity index (χ0) is 33.0.